The Bertz CT molecular complexity index is 606. The number of rotatable bonds is 6. The van der Waals surface area contributed by atoms with Crippen molar-refractivity contribution in [2.24, 2.45) is 5.14 Å². The molecule has 19 heavy (non-hydrogen) atoms. The molecule has 0 atom stereocenters. The summed E-state index contributed by atoms with van der Waals surface area (Å²) in [6.45, 7) is 1.47. The van der Waals surface area contributed by atoms with Crippen LogP contribution in [0.15, 0.2) is 41.6 Å². The van der Waals surface area contributed by atoms with E-state index in [9.17, 15) is 8.42 Å². The molecular formula is C12H16N4O2S. The minimum atomic E-state index is -3.60. The topological polar surface area (TPSA) is 101 Å². The van der Waals surface area contributed by atoms with E-state index in [4.69, 9.17) is 5.14 Å². The molecule has 2 aromatic rings. The largest absolute Gasteiger partial charge is 0.348 e. The standard InChI is InChI=1S/C12H16N4O2S/c13-19(17,18)11-3-1-10(2-4-11)5-6-14-9-12-15-7-8-16-12/h1-4,7-8,14H,5-6,9H2,(H,15,16)(H2,13,17,18). The van der Waals surface area contributed by atoms with Crippen LogP contribution in [0.5, 0.6) is 0 Å². The summed E-state index contributed by atoms with van der Waals surface area (Å²) in [5.41, 5.74) is 1.05. The van der Waals surface area contributed by atoms with Crippen LogP contribution in [0, 0.1) is 0 Å². The van der Waals surface area contributed by atoms with Crippen molar-refractivity contribution in [3.8, 4) is 0 Å². The van der Waals surface area contributed by atoms with E-state index in [2.05, 4.69) is 15.3 Å². The lowest BCUT2D eigenvalue weighted by atomic mass is 10.1. The van der Waals surface area contributed by atoms with E-state index in [0.29, 0.717) is 6.54 Å². The molecule has 2 rings (SSSR count). The first kappa shape index (κ1) is 13.7. The van der Waals surface area contributed by atoms with E-state index in [-0.39, 0.29) is 4.90 Å². The van der Waals surface area contributed by atoms with Crippen molar-refractivity contribution in [3.05, 3.63) is 48.0 Å². The van der Waals surface area contributed by atoms with Crippen LogP contribution in [0.3, 0.4) is 0 Å². The highest BCUT2D eigenvalue weighted by atomic mass is 32.2. The molecule has 0 unspecified atom stereocenters. The fraction of sp³-hybridized carbons (Fsp3) is 0.250. The first-order valence-electron chi connectivity index (χ1n) is 5.86. The number of imidazole rings is 1. The molecule has 0 saturated carbocycles. The summed E-state index contributed by atoms with van der Waals surface area (Å²) in [4.78, 5) is 7.25. The molecule has 0 radical (unpaired) electrons. The monoisotopic (exact) mass is 280 g/mol. The zero-order valence-corrected chi connectivity index (χ0v) is 11.2. The second kappa shape index (κ2) is 5.96. The second-order valence-corrected chi connectivity index (χ2v) is 5.71. The van der Waals surface area contributed by atoms with E-state index in [0.717, 1.165) is 24.4 Å². The van der Waals surface area contributed by atoms with Gasteiger partial charge in [0.1, 0.15) is 5.82 Å². The lowest BCUT2D eigenvalue weighted by Crippen LogP contribution is -2.17. The van der Waals surface area contributed by atoms with E-state index in [1.54, 1.807) is 24.5 Å². The number of hydrogen-bond acceptors (Lipinski definition) is 4. The Morgan fingerprint density at radius 2 is 2.00 bits per heavy atom. The number of primary sulfonamides is 1. The van der Waals surface area contributed by atoms with Crippen molar-refractivity contribution in [2.45, 2.75) is 17.9 Å². The molecule has 0 aliphatic carbocycles. The first-order chi connectivity index (χ1) is 9.05. The molecule has 0 saturated heterocycles. The van der Waals surface area contributed by atoms with Gasteiger partial charge in [0.05, 0.1) is 11.4 Å². The van der Waals surface area contributed by atoms with Crippen molar-refractivity contribution in [1.82, 2.24) is 15.3 Å². The van der Waals surface area contributed by atoms with Crippen molar-refractivity contribution >= 4 is 10.0 Å². The van der Waals surface area contributed by atoms with Crippen LogP contribution in [0.2, 0.25) is 0 Å². The van der Waals surface area contributed by atoms with E-state index in [1.807, 2.05) is 0 Å². The Hall–Kier alpha value is -1.70. The van der Waals surface area contributed by atoms with Gasteiger partial charge in [-0.15, -0.1) is 0 Å². The summed E-state index contributed by atoms with van der Waals surface area (Å²) in [6.07, 6.45) is 4.30. The maximum absolute atomic E-state index is 11.1. The van der Waals surface area contributed by atoms with Crippen molar-refractivity contribution in [1.29, 1.82) is 0 Å². The van der Waals surface area contributed by atoms with Gasteiger partial charge in [0.2, 0.25) is 10.0 Å². The van der Waals surface area contributed by atoms with Gasteiger partial charge in [0, 0.05) is 12.4 Å². The Morgan fingerprint density at radius 3 is 2.58 bits per heavy atom. The summed E-state index contributed by atoms with van der Waals surface area (Å²) < 4.78 is 22.2. The van der Waals surface area contributed by atoms with Crippen LogP contribution in [-0.2, 0) is 23.0 Å². The lowest BCUT2D eigenvalue weighted by Gasteiger charge is -2.04. The van der Waals surface area contributed by atoms with Gasteiger partial charge in [-0.1, -0.05) is 12.1 Å². The van der Waals surface area contributed by atoms with Crippen LogP contribution in [0.4, 0.5) is 0 Å². The minimum absolute atomic E-state index is 0.139. The molecule has 0 bridgehead atoms. The predicted octanol–water partition coefficient (Wildman–Crippen LogP) is 0.389. The van der Waals surface area contributed by atoms with Gasteiger partial charge in [0.25, 0.3) is 0 Å². The highest BCUT2D eigenvalue weighted by Gasteiger charge is 2.06. The number of benzene rings is 1. The average Bonchev–Trinajstić information content (AvgIpc) is 2.87. The Kier molecular flexibility index (Phi) is 4.31. The molecule has 0 spiro atoms. The quantitative estimate of drug-likeness (QED) is 0.666. The molecule has 102 valence electrons. The van der Waals surface area contributed by atoms with Crippen molar-refractivity contribution in [3.63, 3.8) is 0 Å². The van der Waals surface area contributed by atoms with Gasteiger partial charge in [-0.2, -0.15) is 0 Å². The average molecular weight is 280 g/mol. The van der Waals surface area contributed by atoms with Gasteiger partial charge in [0.15, 0.2) is 0 Å². The van der Waals surface area contributed by atoms with Crippen LogP contribution in [0.1, 0.15) is 11.4 Å². The predicted molar refractivity (Wildman–Crippen MR) is 71.8 cm³/mol. The number of aromatic amines is 1. The molecule has 0 fully saturated rings. The summed E-state index contributed by atoms with van der Waals surface area (Å²) in [6, 6.07) is 6.59. The fourth-order valence-electron chi connectivity index (χ4n) is 1.68. The van der Waals surface area contributed by atoms with Crippen LogP contribution >= 0.6 is 0 Å². The third-order valence-corrected chi connectivity index (χ3v) is 3.62. The van der Waals surface area contributed by atoms with Gasteiger partial charge >= 0.3 is 0 Å². The number of nitrogens with one attached hydrogen (secondary N) is 2. The first-order valence-corrected chi connectivity index (χ1v) is 7.41. The molecule has 6 nitrogen and oxygen atoms in total. The Morgan fingerprint density at radius 1 is 1.26 bits per heavy atom. The molecule has 0 amide bonds. The molecule has 0 aliphatic rings. The zero-order valence-electron chi connectivity index (χ0n) is 10.3. The van der Waals surface area contributed by atoms with Gasteiger partial charge < -0.3 is 10.3 Å². The summed E-state index contributed by atoms with van der Waals surface area (Å²) in [5.74, 6) is 0.893. The summed E-state index contributed by atoms with van der Waals surface area (Å²) in [7, 11) is -3.60. The Balaban J connectivity index is 1.80. The van der Waals surface area contributed by atoms with Gasteiger partial charge in [-0.25, -0.2) is 18.5 Å². The van der Waals surface area contributed by atoms with E-state index in [1.165, 1.54) is 12.1 Å². The highest BCUT2D eigenvalue weighted by molar-refractivity contribution is 7.89. The smallest absolute Gasteiger partial charge is 0.238 e. The molecule has 1 heterocycles. The number of nitrogens with zero attached hydrogens (tertiary/aromatic N) is 1. The van der Waals surface area contributed by atoms with E-state index < -0.39 is 10.0 Å². The zero-order chi connectivity index (χ0) is 13.7. The number of aromatic nitrogens is 2. The maximum Gasteiger partial charge on any atom is 0.238 e. The maximum atomic E-state index is 11.1. The van der Waals surface area contributed by atoms with Crippen molar-refractivity contribution < 1.29 is 8.42 Å². The molecule has 0 aliphatic heterocycles. The number of hydrogen-bond donors (Lipinski definition) is 3. The third-order valence-electron chi connectivity index (χ3n) is 2.69. The van der Waals surface area contributed by atoms with Gasteiger partial charge in [-0.05, 0) is 30.7 Å². The molecule has 1 aromatic heterocycles. The molecule has 1 aromatic carbocycles. The van der Waals surface area contributed by atoms with Crippen molar-refractivity contribution in [2.75, 3.05) is 6.54 Å². The molecule has 7 heteroatoms. The summed E-state index contributed by atoms with van der Waals surface area (Å²) >= 11 is 0. The lowest BCUT2D eigenvalue weighted by molar-refractivity contribution is 0.597. The van der Waals surface area contributed by atoms with Gasteiger partial charge in [-0.3, -0.25) is 0 Å². The SMILES string of the molecule is NS(=O)(=O)c1ccc(CCNCc2ncc[nH]2)cc1. The fourth-order valence-corrected chi connectivity index (χ4v) is 2.20. The number of sulfonamides is 1. The number of nitrogens with two attached hydrogens (primary N) is 1. The molecular weight excluding hydrogens is 264 g/mol. The normalized spacial score (nSPS) is 11.6. The van der Waals surface area contributed by atoms with Crippen LogP contribution in [-0.4, -0.2) is 24.9 Å². The summed E-state index contributed by atoms with van der Waals surface area (Å²) in [5, 5.41) is 8.28. The Labute approximate surface area is 112 Å². The number of H-pyrrole nitrogens is 1. The second-order valence-electron chi connectivity index (χ2n) is 4.15. The van der Waals surface area contributed by atoms with E-state index >= 15 is 0 Å². The van der Waals surface area contributed by atoms with Crippen LogP contribution in [0.25, 0.3) is 0 Å². The highest BCUT2D eigenvalue weighted by Crippen LogP contribution is 2.08. The van der Waals surface area contributed by atoms with Crippen LogP contribution < -0.4 is 10.5 Å². The molecule has 4 N–H and O–H groups in total. The third kappa shape index (κ3) is 4.16. The minimum Gasteiger partial charge on any atom is -0.348 e.